The molecule has 0 bridgehead atoms. The van der Waals surface area contributed by atoms with Crippen LogP contribution in [-0.4, -0.2) is 34.3 Å². The fraction of sp³-hybridized carbons (Fsp3) is 0.133. The van der Waals surface area contributed by atoms with Crippen LogP contribution in [0.1, 0.15) is 0 Å². The molecule has 21 heavy (non-hydrogen) atoms. The molecule has 0 amide bonds. The Hall–Kier alpha value is -2.76. The molecule has 2 heterocycles. The number of aromatic amines is 1. The van der Waals surface area contributed by atoms with Crippen molar-refractivity contribution < 1.29 is 4.39 Å². The Balaban J connectivity index is 1.95. The van der Waals surface area contributed by atoms with Crippen LogP contribution in [0.5, 0.6) is 0 Å². The van der Waals surface area contributed by atoms with E-state index >= 15 is 0 Å². The molecule has 0 aliphatic heterocycles. The fourth-order valence-electron chi connectivity index (χ4n) is 2.09. The Kier molecular flexibility index (Phi) is 3.35. The molecule has 0 aliphatic rings. The highest BCUT2D eigenvalue weighted by molar-refractivity contribution is 5.69. The van der Waals surface area contributed by atoms with Gasteiger partial charge in [0.15, 0.2) is 0 Å². The highest BCUT2D eigenvalue weighted by atomic mass is 19.1. The molecule has 0 saturated carbocycles. The van der Waals surface area contributed by atoms with Gasteiger partial charge >= 0.3 is 0 Å². The molecule has 1 N–H and O–H groups in total. The van der Waals surface area contributed by atoms with Crippen molar-refractivity contribution in [2.24, 2.45) is 0 Å². The van der Waals surface area contributed by atoms with Crippen molar-refractivity contribution >= 4 is 5.69 Å². The van der Waals surface area contributed by atoms with Gasteiger partial charge < -0.3 is 4.90 Å². The maximum absolute atomic E-state index is 14.0. The van der Waals surface area contributed by atoms with Crippen molar-refractivity contribution in [2.75, 3.05) is 19.0 Å². The molecule has 3 rings (SSSR count). The number of aromatic nitrogens is 4. The summed E-state index contributed by atoms with van der Waals surface area (Å²) in [4.78, 5) is 9.65. The van der Waals surface area contributed by atoms with Crippen molar-refractivity contribution in [1.82, 2.24) is 20.2 Å². The van der Waals surface area contributed by atoms with Crippen LogP contribution in [0.25, 0.3) is 22.5 Å². The first-order valence-electron chi connectivity index (χ1n) is 6.43. The molecule has 1 aromatic carbocycles. The van der Waals surface area contributed by atoms with Crippen LogP contribution in [0.15, 0.2) is 43.0 Å². The van der Waals surface area contributed by atoms with E-state index in [1.807, 2.05) is 26.2 Å². The van der Waals surface area contributed by atoms with Crippen molar-refractivity contribution in [3.05, 3.63) is 48.8 Å². The highest BCUT2D eigenvalue weighted by Gasteiger charge is 2.10. The number of nitrogens with zero attached hydrogens (tertiary/aromatic N) is 4. The Morgan fingerprint density at radius 1 is 1.05 bits per heavy atom. The Morgan fingerprint density at radius 2 is 1.81 bits per heavy atom. The summed E-state index contributed by atoms with van der Waals surface area (Å²) >= 11 is 0. The van der Waals surface area contributed by atoms with E-state index in [-0.39, 0.29) is 5.82 Å². The van der Waals surface area contributed by atoms with Crippen LogP contribution in [-0.2, 0) is 0 Å². The fourth-order valence-corrected chi connectivity index (χ4v) is 2.09. The smallest absolute Gasteiger partial charge is 0.147 e. The minimum Gasteiger partial charge on any atom is -0.375 e. The standard InChI is InChI=1S/C15H14FN5/c1-21(2)15-4-3-10(5-12(15)16)13-6-14(20-19-13)11-7-17-9-18-8-11/h3-9H,1-2H3,(H,19,20). The van der Waals surface area contributed by atoms with Crippen LogP contribution in [0.4, 0.5) is 10.1 Å². The van der Waals surface area contributed by atoms with Gasteiger partial charge in [0.2, 0.25) is 0 Å². The van der Waals surface area contributed by atoms with E-state index < -0.39 is 0 Å². The third-order valence-electron chi connectivity index (χ3n) is 3.17. The molecule has 0 aliphatic carbocycles. The zero-order valence-electron chi connectivity index (χ0n) is 11.7. The molecule has 0 atom stereocenters. The van der Waals surface area contributed by atoms with Gasteiger partial charge in [-0.05, 0) is 18.2 Å². The average Bonchev–Trinajstić information content (AvgIpc) is 2.97. The third-order valence-corrected chi connectivity index (χ3v) is 3.17. The monoisotopic (exact) mass is 283 g/mol. The summed E-state index contributed by atoms with van der Waals surface area (Å²) in [6, 6.07) is 6.95. The van der Waals surface area contributed by atoms with Gasteiger partial charge in [-0.25, -0.2) is 14.4 Å². The second-order valence-electron chi connectivity index (χ2n) is 4.85. The predicted octanol–water partition coefficient (Wildman–Crippen LogP) is 2.74. The summed E-state index contributed by atoms with van der Waals surface area (Å²) in [6.07, 6.45) is 4.83. The van der Waals surface area contributed by atoms with Crippen LogP contribution >= 0.6 is 0 Å². The number of benzene rings is 1. The van der Waals surface area contributed by atoms with E-state index in [1.165, 1.54) is 12.4 Å². The lowest BCUT2D eigenvalue weighted by molar-refractivity contribution is 0.626. The van der Waals surface area contributed by atoms with Gasteiger partial charge in [-0.3, -0.25) is 5.10 Å². The molecule has 5 nitrogen and oxygen atoms in total. The zero-order valence-corrected chi connectivity index (χ0v) is 11.7. The van der Waals surface area contributed by atoms with Gasteiger partial charge in [-0.1, -0.05) is 6.07 Å². The topological polar surface area (TPSA) is 57.7 Å². The maximum atomic E-state index is 14.0. The normalized spacial score (nSPS) is 10.6. The van der Waals surface area contributed by atoms with Crippen LogP contribution in [0.3, 0.4) is 0 Å². The van der Waals surface area contributed by atoms with Crippen LogP contribution in [0.2, 0.25) is 0 Å². The second kappa shape index (κ2) is 5.32. The molecule has 6 heteroatoms. The first-order chi connectivity index (χ1) is 10.1. The Labute approximate surface area is 121 Å². The molecule has 0 saturated heterocycles. The molecule has 0 radical (unpaired) electrons. The minimum absolute atomic E-state index is 0.267. The molecular weight excluding hydrogens is 269 g/mol. The maximum Gasteiger partial charge on any atom is 0.147 e. The predicted molar refractivity (Wildman–Crippen MR) is 79.3 cm³/mol. The van der Waals surface area contributed by atoms with E-state index in [4.69, 9.17) is 0 Å². The number of nitrogens with one attached hydrogen (secondary N) is 1. The van der Waals surface area contributed by atoms with Gasteiger partial charge in [0, 0.05) is 37.6 Å². The summed E-state index contributed by atoms with van der Waals surface area (Å²) in [7, 11) is 3.61. The Morgan fingerprint density at radius 3 is 2.48 bits per heavy atom. The molecule has 0 fully saturated rings. The third kappa shape index (κ3) is 2.60. The highest BCUT2D eigenvalue weighted by Crippen LogP contribution is 2.26. The summed E-state index contributed by atoms with van der Waals surface area (Å²) in [5.41, 5.74) is 3.58. The summed E-state index contributed by atoms with van der Waals surface area (Å²) in [6.45, 7) is 0. The minimum atomic E-state index is -0.267. The molecular formula is C15H14FN5. The van der Waals surface area contributed by atoms with Crippen LogP contribution < -0.4 is 4.90 Å². The lowest BCUT2D eigenvalue weighted by atomic mass is 10.1. The summed E-state index contributed by atoms with van der Waals surface area (Å²) in [5.74, 6) is -0.267. The summed E-state index contributed by atoms with van der Waals surface area (Å²) in [5, 5.41) is 7.12. The number of H-pyrrole nitrogens is 1. The van der Waals surface area contributed by atoms with E-state index in [1.54, 1.807) is 23.4 Å². The van der Waals surface area contributed by atoms with Gasteiger partial charge in [0.05, 0.1) is 17.1 Å². The molecule has 0 spiro atoms. The summed E-state index contributed by atoms with van der Waals surface area (Å²) < 4.78 is 14.0. The Bertz CT molecular complexity index is 752. The number of anilines is 1. The number of hydrogen-bond donors (Lipinski definition) is 1. The van der Waals surface area contributed by atoms with Gasteiger partial charge in [-0.2, -0.15) is 5.10 Å². The largest absolute Gasteiger partial charge is 0.375 e. The number of halogens is 1. The molecule has 2 aromatic heterocycles. The number of hydrogen-bond acceptors (Lipinski definition) is 4. The van der Waals surface area contributed by atoms with E-state index in [0.29, 0.717) is 5.69 Å². The zero-order chi connectivity index (χ0) is 14.8. The lowest BCUT2D eigenvalue weighted by Crippen LogP contribution is -2.10. The van der Waals surface area contributed by atoms with Crippen molar-refractivity contribution in [3.63, 3.8) is 0 Å². The van der Waals surface area contributed by atoms with Crippen LogP contribution in [0, 0.1) is 5.82 Å². The first-order valence-corrected chi connectivity index (χ1v) is 6.43. The lowest BCUT2D eigenvalue weighted by Gasteiger charge is -2.13. The second-order valence-corrected chi connectivity index (χ2v) is 4.85. The molecule has 0 unspecified atom stereocenters. The quantitative estimate of drug-likeness (QED) is 0.803. The average molecular weight is 283 g/mol. The SMILES string of the molecule is CN(C)c1ccc(-c2cc(-c3cncnc3)n[nH]2)cc1F. The first kappa shape index (κ1) is 13.2. The van der Waals surface area contributed by atoms with E-state index in [0.717, 1.165) is 22.5 Å². The molecule has 106 valence electrons. The van der Waals surface area contributed by atoms with Crippen molar-refractivity contribution in [3.8, 4) is 22.5 Å². The van der Waals surface area contributed by atoms with Gasteiger partial charge in [0.25, 0.3) is 0 Å². The van der Waals surface area contributed by atoms with Crippen molar-refractivity contribution in [2.45, 2.75) is 0 Å². The molecule has 3 aromatic rings. The van der Waals surface area contributed by atoms with Gasteiger partial charge in [0.1, 0.15) is 12.1 Å². The van der Waals surface area contributed by atoms with E-state index in [2.05, 4.69) is 20.2 Å². The van der Waals surface area contributed by atoms with Crippen molar-refractivity contribution in [1.29, 1.82) is 0 Å². The number of rotatable bonds is 3. The van der Waals surface area contributed by atoms with Gasteiger partial charge in [-0.15, -0.1) is 0 Å². The van der Waals surface area contributed by atoms with E-state index in [9.17, 15) is 4.39 Å².